The average Bonchev–Trinajstić information content (AvgIpc) is 3.07. The third-order valence-electron chi connectivity index (χ3n) is 5.21. The van der Waals surface area contributed by atoms with Gasteiger partial charge in [-0.05, 0) is 31.2 Å². The van der Waals surface area contributed by atoms with Crippen LogP contribution in [0.15, 0.2) is 42.7 Å². The molecule has 2 aromatic heterocycles. The van der Waals surface area contributed by atoms with Crippen LogP contribution in [0.1, 0.15) is 17.0 Å². The number of hydrogen-bond donors (Lipinski definition) is 2. The van der Waals surface area contributed by atoms with Crippen molar-refractivity contribution in [1.29, 1.82) is 5.41 Å². The second-order valence-corrected chi connectivity index (χ2v) is 6.93. The summed E-state index contributed by atoms with van der Waals surface area (Å²) in [5, 5.41) is 8.77. The third kappa shape index (κ3) is 3.36. The highest BCUT2D eigenvalue weighted by Crippen LogP contribution is 2.26. The zero-order valence-electron chi connectivity index (χ0n) is 16.1. The quantitative estimate of drug-likeness (QED) is 0.539. The van der Waals surface area contributed by atoms with Gasteiger partial charge in [0.1, 0.15) is 11.6 Å². The van der Waals surface area contributed by atoms with Gasteiger partial charge in [0.2, 0.25) is 0 Å². The summed E-state index contributed by atoms with van der Waals surface area (Å²) >= 11 is 0. The van der Waals surface area contributed by atoms with E-state index >= 15 is 0 Å². The summed E-state index contributed by atoms with van der Waals surface area (Å²) in [5.41, 5.74) is 10.7. The molecule has 144 valence electrons. The Morgan fingerprint density at radius 1 is 1.14 bits per heavy atom. The van der Waals surface area contributed by atoms with Crippen molar-refractivity contribution < 1.29 is 4.74 Å². The van der Waals surface area contributed by atoms with E-state index in [1.54, 1.807) is 6.20 Å². The Hall–Kier alpha value is -3.19. The van der Waals surface area contributed by atoms with Crippen LogP contribution in [-0.4, -0.2) is 46.6 Å². The minimum Gasteiger partial charge on any atom is -0.398 e. The molecule has 3 heterocycles. The number of pyridine rings is 1. The Labute approximate surface area is 164 Å². The third-order valence-corrected chi connectivity index (χ3v) is 5.21. The van der Waals surface area contributed by atoms with Crippen LogP contribution in [0.2, 0.25) is 0 Å². The van der Waals surface area contributed by atoms with Crippen molar-refractivity contribution in [2.45, 2.75) is 6.92 Å². The smallest absolute Gasteiger partial charge is 0.129 e. The van der Waals surface area contributed by atoms with Gasteiger partial charge in [0.15, 0.2) is 0 Å². The van der Waals surface area contributed by atoms with Crippen LogP contribution in [-0.2, 0) is 11.8 Å². The molecule has 1 aliphatic heterocycles. The molecule has 0 amide bonds. The van der Waals surface area contributed by atoms with E-state index in [0.29, 0.717) is 30.2 Å². The van der Waals surface area contributed by atoms with Crippen molar-refractivity contribution in [2.24, 2.45) is 7.05 Å². The van der Waals surface area contributed by atoms with Crippen LogP contribution < -0.4 is 10.6 Å². The number of morpholine rings is 1. The Bertz CT molecular complexity index is 1020. The number of nitrogens with one attached hydrogen (secondary N) is 1. The number of nitrogens with zero attached hydrogens (tertiary/aromatic N) is 4. The van der Waals surface area contributed by atoms with E-state index in [9.17, 15) is 0 Å². The molecule has 1 fully saturated rings. The number of rotatable bonds is 4. The molecular weight excluding hydrogens is 352 g/mol. The fourth-order valence-electron chi connectivity index (χ4n) is 3.40. The Morgan fingerprint density at radius 2 is 1.93 bits per heavy atom. The lowest BCUT2D eigenvalue weighted by molar-refractivity contribution is 0.122. The van der Waals surface area contributed by atoms with E-state index in [2.05, 4.69) is 14.9 Å². The van der Waals surface area contributed by atoms with Crippen molar-refractivity contribution in [3.05, 3.63) is 59.7 Å². The van der Waals surface area contributed by atoms with E-state index in [0.717, 1.165) is 41.6 Å². The fraction of sp³-hybridized carbons (Fsp3) is 0.286. The van der Waals surface area contributed by atoms with Crippen LogP contribution in [0.5, 0.6) is 0 Å². The van der Waals surface area contributed by atoms with Gasteiger partial charge in [-0.2, -0.15) is 0 Å². The monoisotopic (exact) mass is 376 g/mol. The number of hydrogen-bond acceptors (Lipinski definition) is 6. The molecular formula is C21H24N6O. The zero-order chi connectivity index (χ0) is 19.7. The molecule has 0 atom stereocenters. The highest BCUT2D eigenvalue weighted by molar-refractivity contribution is 6.14. The molecule has 3 aromatic rings. The van der Waals surface area contributed by atoms with Gasteiger partial charge in [-0.25, -0.2) is 9.97 Å². The Kier molecular flexibility index (Phi) is 4.83. The molecule has 1 saturated heterocycles. The average molecular weight is 376 g/mol. The normalized spacial score (nSPS) is 14.3. The summed E-state index contributed by atoms with van der Waals surface area (Å²) in [4.78, 5) is 11.0. The molecule has 0 bridgehead atoms. The van der Waals surface area contributed by atoms with E-state index in [-0.39, 0.29) is 0 Å². The summed E-state index contributed by atoms with van der Waals surface area (Å²) in [6.45, 7) is 4.97. The molecule has 1 aliphatic rings. The number of anilines is 2. The minimum absolute atomic E-state index is 0.384. The maximum Gasteiger partial charge on any atom is 0.129 e. The number of ether oxygens (including phenoxy) is 1. The van der Waals surface area contributed by atoms with Crippen LogP contribution in [0, 0.1) is 12.3 Å². The molecule has 0 spiro atoms. The number of benzene rings is 1. The summed E-state index contributed by atoms with van der Waals surface area (Å²) in [5.74, 6) is 1.80. The highest BCUT2D eigenvalue weighted by atomic mass is 16.5. The molecule has 28 heavy (non-hydrogen) atoms. The second kappa shape index (κ2) is 7.44. The number of aromatic nitrogens is 3. The van der Waals surface area contributed by atoms with Crippen molar-refractivity contribution in [1.82, 2.24) is 14.5 Å². The first kappa shape index (κ1) is 18.2. The maximum absolute atomic E-state index is 8.77. The lowest BCUT2D eigenvalue weighted by Gasteiger charge is -2.28. The largest absolute Gasteiger partial charge is 0.398 e. The first-order valence-electron chi connectivity index (χ1n) is 9.31. The van der Waals surface area contributed by atoms with Crippen molar-refractivity contribution >= 4 is 17.2 Å². The number of aryl methyl sites for hydroxylation is 1. The van der Waals surface area contributed by atoms with E-state index in [1.807, 2.05) is 55.1 Å². The topological polar surface area (TPSA) is 93.1 Å². The predicted molar refractivity (Wildman–Crippen MR) is 111 cm³/mol. The highest BCUT2D eigenvalue weighted by Gasteiger charge is 2.16. The predicted octanol–water partition coefficient (Wildman–Crippen LogP) is 2.63. The van der Waals surface area contributed by atoms with Crippen LogP contribution in [0.25, 0.3) is 11.3 Å². The van der Waals surface area contributed by atoms with Gasteiger partial charge in [0.25, 0.3) is 0 Å². The van der Waals surface area contributed by atoms with Gasteiger partial charge in [0.05, 0.1) is 30.8 Å². The molecule has 0 saturated carbocycles. The summed E-state index contributed by atoms with van der Waals surface area (Å²) in [6, 6.07) is 9.59. The van der Waals surface area contributed by atoms with Gasteiger partial charge in [-0.15, -0.1) is 0 Å². The van der Waals surface area contributed by atoms with E-state index < -0.39 is 0 Å². The van der Waals surface area contributed by atoms with E-state index in [1.165, 1.54) is 0 Å². The molecule has 4 rings (SSSR count). The lowest BCUT2D eigenvalue weighted by atomic mass is 9.98. The molecule has 1 aromatic carbocycles. The van der Waals surface area contributed by atoms with Gasteiger partial charge in [-0.1, -0.05) is 6.07 Å². The Morgan fingerprint density at radius 3 is 2.64 bits per heavy atom. The number of nitrogens with two attached hydrogens (primary N) is 1. The fourth-order valence-corrected chi connectivity index (χ4v) is 3.40. The van der Waals surface area contributed by atoms with E-state index in [4.69, 9.17) is 15.9 Å². The molecule has 0 radical (unpaired) electrons. The van der Waals surface area contributed by atoms with Gasteiger partial charge < -0.3 is 19.9 Å². The summed E-state index contributed by atoms with van der Waals surface area (Å²) in [6.07, 6.45) is 3.59. The maximum atomic E-state index is 8.77. The SMILES string of the molecule is Cc1ncc(-c2ccc(N)c(C(=N)c3ccnc(N4CCOCC4)c3)c2)n1C. The number of imidazole rings is 1. The molecule has 3 N–H and O–H groups in total. The zero-order valence-corrected chi connectivity index (χ0v) is 16.1. The van der Waals surface area contributed by atoms with Crippen molar-refractivity contribution in [2.75, 3.05) is 36.9 Å². The standard InChI is InChI=1S/C21H24N6O/c1-14-25-13-19(26(14)2)15-3-4-18(22)17(11-15)21(23)16-5-6-24-20(12-16)27-7-9-28-10-8-27/h3-6,11-13,23H,7-10,22H2,1-2H3. The van der Waals surface area contributed by atoms with Gasteiger partial charge in [0, 0.05) is 48.7 Å². The number of nitrogen functional groups attached to an aromatic ring is 1. The summed E-state index contributed by atoms with van der Waals surface area (Å²) in [7, 11) is 1.98. The molecule has 0 aliphatic carbocycles. The molecule has 7 heteroatoms. The van der Waals surface area contributed by atoms with Crippen LogP contribution in [0.4, 0.5) is 11.5 Å². The molecule has 0 unspecified atom stereocenters. The molecule has 7 nitrogen and oxygen atoms in total. The first-order valence-corrected chi connectivity index (χ1v) is 9.31. The summed E-state index contributed by atoms with van der Waals surface area (Å²) < 4.78 is 7.44. The Balaban J connectivity index is 1.68. The minimum atomic E-state index is 0.384. The lowest BCUT2D eigenvalue weighted by Crippen LogP contribution is -2.36. The van der Waals surface area contributed by atoms with Gasteiger partial charge >= 0.3 is 0 Å². The first-order chi connectivity index (χ1) is 13.5. The van der Waals surface area contributed by atoms with Crippen LogP contribution in [0.3, 0.4) is 0 Å². The second-order valence-electron chi connectivity index (χ2n) is 6.93. The van der Waals surface area contributed by atoms with Crippen LogP contribution >= 0.6 is 0 Å². The van der Waals surface area contributed by atoms with Gasteiger partial charge in [-0.3, -0.25) is 5.41 Å². The van der Waals surface area contributed by atoms with Crippen molar-refractivity contribution in [3.8, 4) is 11.3 Å². The van der Waals surface area contributed by atoms with Crippen molar-refractivity contribution in [3.63, 3.8) is 0 Å².